The molecule has 2 atom stereocenters. The summed E-state index contributed by atoms with van der Waals surface area (Å²) in [5.74, 6) is -1.57. The number of H-pyrrole nitrogens is 1. The second-order valence-electron chi connectivity index (χ2n) is 6.75. The summed E-state index contributed by atoms with van der Waals surface area (Å²) in [4.78, 5) is 30.6. The highest BCUT2D eigenvalue weighted by atomic mass is 19.4. The molecule has 3 aromatic rings. The minimum absolute atomic E-state index is 0.211. The third-order valence-electron chi connectivity index (χ3n) is 4.45. The van der Waals surface area contributed by atoms with E-state index in [1.165, 1.54) is 19.1 Å². The molecule has 1 amide bonds. The van der Waals surface area contributed by atoms with Crippen molar-refractivity contribution in [1.29, 1.82) is 0 Å². The van der Waals surface area contributed by atoms with Gasteiger partial charge in [-0.1, -0.05) is 24.3 Å². The number of para-hydroxylation sites is 2. The molecule has 0 saturated heterocycles. The zero-order valence-corrected chi connectivity index (χ0v) is 15.8. The van der Waals surface area contributed by atoms with Crippen LogP contribution >= 0.6 is 0 Å². The van der Waals surface area contributed by atoms with E-state index in [9.17, 15) is 22.8 Å². The van der Waals surface area contributed by atoms with Crippen molar-refractivity contribution in [2.24, 2.45) is 0 Å². The van der Waals surface area contributed by atoms with Crippen molar-refractivity contribution >= 4 is 28.9 Å². The smallest absolute Gasteiger partial charge is 0.416 e. The summed E-state index contributed by atoms with van der Waals surface area (Å²) in [6.45, 7) is 1.30. The number of carbonyl (C=O) groups excluding carboxylic acids is 1. The van der Waals surface area contributed by atoms with Crippen LogP contribution in [0, 0.1) is 0 Å². The number of hydrogen-bond acceptors (Lipinski definition) is 4. The van der Waals surface area contributed by atoms with Crippen molar-refractivity contribution < 1.29 is 27.9 Å². The van der Waals surface area contributed by atoms with E-state index in [1.54, 1.807) is 24.3 Å². The number of imidazole rings is 1. The van der Waals surface area contributed by atoms with Crippen LogP contribution in [0.1, 0.15) is 30.5 Å². The highest BCUT2D eigenvalue weighted by Gasteiger charge is 2.31. The molecule has 0 aliphatic heterocycles. The lowest BCUT2D eigenvalue weighted by Crippen LogP contribution is -2.39. The lowest BCUT2D eigenvalue weighted by atomic mass is 10.0. The number of carboxylic acids is 1. The molecule has 0 bridgehead atoms. The molecule has 10 heteroatoms. The molecule has 0 saturated carbocycles. The van der Waals surface area contributed by atoms with Crippen molar-refractivity contribution in [2.75, 3.05) is 5.32 Å². The van der Waals surface area contributed by atoms with Crippen LogP contribution in [-0.4, -0.2) is 33.0 Å². The zero-order chi connectivity index (χ0) is 21.9. The number of nitrogens with zero attached hydrogens (tertiary/aromatic N) is 1. The van der Waals surface area contributed by atoms with Crippen molar-refractivity contribution in [3.05, 3.63) is 59.7 Å². The monoisotopic (exact) mass is 420 g/mol. The summed E-state index contributed by atoms with van der Waals surface area (Å²) >= 11 is 0. The summed E-state index contributed by atoms with van der Waals surface area (Å²) in [6.07, 6.45) is -4.84. The molecule has 158 valence electrons. The van der Waals surface area contributed by atoms with E-state index in [1.807, 2.05) is 0 Å². The number of carbonyl (C=O) groups is 2. The molecule has 1 aromatic heterocycles. The number of rotatable bonds is 7. The quantitative estimate of drug-likeness (QED) is 0.466. The fourth-order valence-corrected chi connectivity index (χ4v) is 2.92. The van der Waals surface area contributed by atoms with Gasteiger partial charge in [0.25, 0.3) is 0 Å². The summed E-state index contributed by atoms with van der Waals surface area (Å²) in [7, 11) is 0. The van der Waals surface area contributed by atoms with Crippen molar-refractivity contribution in [3.63, 3.8) is 0 Å². The predicted molar refractivity (Wildman–Crippen MR) is 104 cm³/mol. The lowest BCUT2D eigenvalue weighted by Gasteiger charge is -2.20. The van der Waals surface area contributed by atoms with Gasteiger partial charge in [-0.2, -0.15) is 13.2 Å². The van der Waals surface area contributed by atoms with Crippen molar-refractivity contribution in [2.45, 2.75) is 31.6 Å². The highest BCUT2D eigenvalue weighted by Crippen LogP contribution is 2.32. The Labute approximate surface area is 169 Å². The van der Waals surface area contributed by atoms with Gasteiger partial charge in [0, 0.05) is 0 Å². The number of carboxylic acid groups (broad SMARTS) is 1. The Bertz CT molecular complexity index is 1030. The van der Waals surface area contributed by atoms with E-state index in [2.05, 4.69) is 20.6 Å². The van der Waals surface area contributed by atoms with E-state index in [0.29, 0.717) is 11.0 Å². The van der Waals surface area contributed by atoms with Gasteiger partial charge in [-0.05, 0) is 36.8 Å². The van der Waals surface area contributed by atoms with Crippen molar-refractivity contribution in [3.8, 4) is 0 Å². The maximum atomic E-state index is 13.1. The number of fused-ring (bicyclic) bond motifs is 1. The molecular weight excluding hydrogens is 401 g/mol. The Kier molecular flexibility index (Phi) is 5.95. The predicted octanol–water partition coefficient (Wildman–Crippen LogP) is 3.71. The highest BCUT2D eigenvalue weighted by molar-refractivity contribution is 5.84. The molecule has 1 unspecified atom stereocenters. The molecule has 2 aromatic carbocycles. The Morgan fingerprint density at radius 1 is 1.17 bits per heavy atom. The van der Waals surface area contributed by atoms with Gasteiger partial charge in [0.2, 0.25) is 11.9 Å². The molecular formula is C20H19F3N4O3. The van der Waals surface area contributed by atoms with Gasteiger partial charge in [-0.25, -0.2) is 4.98 Å². The van der Waals surface area contributed by atoms with Crippen LogP contribution in [0.3, 0.4) is 0 Å². The van der Waals surface area contributed by atoms with E-state index in [-0.39, 0.29) is 17.9 Å². The standard InChI is InChI=1S/C20H19F3N4O3/c1-11(18(29)30)24-17(28)10-16(12-5-4-6-13(9-12)20(21,22)23)27-19-25-14-7-2-3-8-15(14)26-19/h2-9,11,16H,10H2,1H3,(H,24,28)(H,29,30)(H2,25,26,27)/t11-,16?/m1/s1. The number of benzene rings is 2. The van der Waals surface area contributed by atoms with Crippen LogP contribution in [0.25, 0.3) is 11.0 Å². The Balaban J connectivity index is 1.89. The summed E-state index contributed by atoms with van der Waals surface area (Å²) in [6, 6.07) is 9.73. The first kappa shape index (κ1) is 21.2. The minimum Gasteiger partial charge on any atom is -0.480 e. The number of nitrogens with one attached hydrogen (secondary N) is 3. The van der Waals surface area contributed by atoms with Crippen LogP contribution in [0.15, 0.2) is 48.5 Å². The number of aromatic amines is 1. The van der Waals surface area contributed by atoms with Gasteiger partial charge in [0.1, 0.15) is 6.04 Å². The molecule has 0 radical (unpaired) electrons. The fourth-order valence-electron chi connectivity index (χ4n) is 2.92. The third-order valence-corrected chi connectivity index (χ3v) is 4.45. The molecule has 0 aliphatic carbocycles. The van der Waals surface area contributed by atoms with E-state index < -0.39 is 35.7 Å². The third kappa shape index (κ3) is 5.07. The average molecular weight is 420 g/mol. The largest absolute Gasteiger partial charge is 0.480 e. The normalized spacial score (nSPS) is 13.6. The van der Waals surface area contributed by atoms with Gasteiger partial charge in [0.15, 0.2) is 0 Å². The van der Waals surface area contributed by atoms with E-state index in [0.717, 1.165) is 12.1 Å². The number of hydrogen-bond donors (Lipinski definition) is 4. The number of alkyl halides is 3. The number of aromatic nitrogens is 2. The SMILES string of the molecule is C[C@@H](NC(=O)CC(Nc1nc2ccccc2[nH]1)c1cccc(C(F)(F)F)c1)C(=O)O. The van der Waals surface area contributed by atoms with E-state index in [4.69, 9.17) is 5.11 Å². The zero-order valence-electron chi connectivity index (χ0n) is 15.8. The Morgan fingerprint density at radius 3 is 2.57 bits per heavy atom. The minimum atomic E-state index is -4.54. The van der Waals surface area contributed by atoms with Gasteiger partial charge in [-0.15, -0.1) is 0 Å². The summed E-state index contributed by atoms with van der Waals surface area (Å²) in [5, 5.41) is 14.2. The van der Waals surface area contributed by atoms with Gasteiger partial charge >= 0.3 is 12.1 Å². The number of anilines is 1. The van der Waals surface area contributed by atoms with E-state index >= 15 is 0 Å². The van der Waals surface area contributed by atoms with Gasteiger partial charge < -0.3 is 20.7 Å². The molecule has 0 spiro atoms. The first-order chi connectivity index (χ1) is 14.1. The first-order valence-electron chi connectivity index (χ1n) is 9.04. The van der Waals surface area contributed by atoms with Crippen LogP contribution in [-0.2, 0) is 15.8 Å². The first-order valence-corrected chi connectivity index (χ1v) is 9.04. The van der Waals surface area contributed by atoms with Crippen LogP contribution < -0.4 is 10.6 Å². The molecule has 1 heterocycles. The average Bonchev–Trinajstić information content (AvgIpc) is 3.09. The second-order valence-corrected chi connectivity index (χ2v) is 6.75. The fraction of sp³-hybridized carbons (Fsp3) is 0.250. The van der Waals surface area contributed by atoms with Crippen molar-refractivity contribution in [1.82, 2.24) is 15.3 Å². The van der Waals surface area contributed by atoms with Crippen LogP contribution in [0.4, 0.5) is 19.1 Å². The molecule has 7 nitrogen and oxygen atoms in total. The van der Waals surface area contributed by atoms with Gasteiger partial charge in [-0.3, -0.25) is 9.59 Å². The molecule has 0 fully saturated rings. The second kappa shape index (κ2) is 8.44. The molecule has 3 rings (SSSR count). The summed E-state index contributed by atoms with van der Waals surface area (Å²) < 4.78 is 39.4. The number of amides is 1. The van der Waals surface area contributed by atoms with Crippen LogP contribution in [0.2, 0.25) is 0 Å². The topological polar surface area (TPSA) is 107 Å². The maximum absolute atomic E-state index is 13.1. The number of aliphatic carboxylic acids is 1. The molecule has 0 aliphatic rings. The molecule has 30 heavy (non-hydrogen) atoms. The van der Waals surface area contributed by atoms with Crippen LogP contribution in [0.5, 0.6) is 0 Å². The lowest BCUT2D eigenvalue weighted by molar-refractivity contribution is -0.141. The molecule has 4 N–H and O–H groups in total. The maximum Gasteiger partial charge on any atom is 0.416 e. The number of halogens is 3. The summed E-state index contributed by atoms with van der Waals surface area (Å²) in [5.41, 5.74) is 0.720. The Morgan fingerprint density at radius 2 is 1.90 bits per heavy atom. The Hall–Kier alpha value is -3.56. The van der Waals surface area contributed by atoms with Gasteiger partial charge in [0.05, 0.1) is 29.1 Å².